The van der Waals surface area contributed by atoms with E-state index in [2.05, 4.69) is 239 Å². The zero-order valence-electron chi connectivity index (χ0n) is 9.25. The van der Waals surface area contributed by atoms with Gasteiger partial charge in [-0.05, 0) is 0 Å². The third-order valence-corrected chi connectivity index (χ3v) is 26.9. The molecule has 0 heterocycles. The second-order valence-electron chi connectivity index (χ2n) is 3.73. The molecule has 134 valence electrons. The van der Waals surface area contributed by atoms with Gasteiger partial charge in [0.25, 0.3) is 0 Å². The molecule has 0 aliphatic carbocycles. The van der Waals surface area contributed by atoms with Crippen molar-refractivity contribution in [3.8, 4) is 0 Å². The van der Waals surface area contributed by atoms with Gasteiger partial charge in [-0.25, -0.2) is 0 Å². The fourth-order valence-electron chi connectivity index (χ4n) is 1.08. The van der Waals surface area contributed by atoms with Crippen molar-refractivity contribution >= 4 is 239 Å². The van der Waals surface area contributed by atoms with E-state index in [9.17, 15) is 0 Å². The molecular weight excluding hydrogens is 1280 g/mol. The standard InChI is InChI=1S/C7HBr15/c8-1(9)2(10,11)4(13,14)5(15,16)3(12,6(17,18)19)7(20,21)22/h1H. The fraction of sp³-hybridized carbons (Fsp3) is 1.00. The Morgan fingerprint density at radius 2 is 0.727 bits per heavy atom. The highest BCUT2D eigenvalue weighted by atomic mass is 80.0. The van der Waals surface area contributed by atoms with Gasteiger partial charge in [0.05, 0.1) is 3.74 Å². The normalized spacial score (nSPS) is 16.4. The molecule has 0 saturated heterocycles. The summed E-state index contributed by atoms with van der Waals surface area (Å²) in [6.07, 6.45) is 0. The van der Waals surface area contributed by atoms with Crippen molar-refractivity contribution in [3.05, 3.63) is 0 Å². The molecule has 0 aromatic rings. The number of hydrogen-bond donors (Lipinski definition) is 0. The third kappa shape index (κ3) is 5.51. The van der Waals surface area contributed by atoms with Crippen molar-refractivity contribution in [2.75, 3.05) is 0 Å². The summed E-state index contributed by atoms with van der Waals surface area (Å²) >= 11 is 55.0. The van der Waals surface area contributed by atoms with Gasteiger partial charge in [-0.3, -0.25) is 0 Å². The molecule has 0 aliphatic rings. The number of hydrogen-bond acceptors (Lipinski definition) is 0. The molecule has 0 nitrogen and oxygen atoms in total. The summed E-state index contributed by atoms with van der Waals surface area (Å²) in [5.74, 6) is 0. The first-order chi connectivity index (χ1) is 9.19. The Balaban J connectivity index is 6.52. The summed E-state index contributed by atoms with van der Waals surface area (Å²) in [5.41, 5.74) is 0. The molecule has 0 aliphatic heterocycles. The zero-order valence-corrected chi connectivity index (χ0v) is 33.0. The van der Waals surface area contributed by atoms with Crippen LogP contribution in [0, 0.1) is 0 Å². The van der Waals surface area contributed by atoms with E-state index >= 15 is 0 Å². The maximum absolute atomic E-state index is 3.82. The molecule has 22 heavy (non-hydrogen) atoms. The van der Waals surface area contributed by atoms with Crippen molar-refractivity contribution < 1.29 is 0 Å². The van der Waals surface area contributed by atoms with E-state index in [1.807, 2.05) is 0 Å². The Bertz CT molecular complexity index is 383. The summed E-state index contributed by atoms with van der Waals surface area (Å²) < 4.78 is -4.93. The van der Waals surface area contributed by atoms with Gasteiger partial charge in [0, 0.05) is 0 Å². The Morgan fingerprint density at radius 3 is 0.909 bits per heavy atom. The van der Waals surface area contributed by atoms with E-state index in [0.717, 1.165) is 0 Å². The van der Waals surface area contributed by atoms with Crippen molar-refractivity contribution in [2.24, 2.45) is 0 Å². The molecule has 0 fully saturated rings. The van der Waals surface area contributed by atoms with E-state index in [0.29, 0.717) is 0 Å². The second-order valence-corrected chi connectivity index (χ2v) is 32.0. The average molecular weight is 1280 g/mol. The van der Waals surface area contributed by atoms with E-state index in [-0.39, 0.29) is 3.74 Å². The molecule has 0 aromatic carbocycles. The lowest BCUT2D eigenvalue weighted by Crippen LogP contribution is -2.67. The lowest BCUT2D eigenvalue weighted by Gasteiger charge is -2.56. The monoisotopic (exact) mass is 1270 g/mol. The Labute approximate surface area is 255 Å². The molecule has 0 unspecified atom stereocenters. The topological polar surface area (TPSA) is 0 Å². The van der Waals surface area contributed by atoms with Crippen LogP contribution in [0.15, 0.2) is 0 Å². The minimum Gasteiger partial charge on any atom is -0.0758 e. The molecule has 0 radical (unpaired) electrons. The highest BCUT2D eigenvalue weighted by molar-refractivity contribution is 9.42. The van der Waals surface area contributed by atoms with Crippen LogP contribution in [-0.4, -0.2) is 22.0 Å². The van der Waals surface area contributed by atoms with Gasteiger partial charge in [-0.2, -0.15) is 0 Å². The van der Waals surface area contributed by atoms with Crippen LogP contribution in [0.5, 0.6) is 0 Å². The SMILES string of the molecule is BrC(Br)C(Br)(Br)C(Br)(Br)C(Br)(Br)C(Br)(C(Br)(Br)Br)C(Br)(Br)Br. The molecule has 0 aromatic heterocycles. The largest absolute Gasteiger partial charge is 0.155 e. The molecular formula is C7HBr15. The van der Waals surface area contributed by atoms with Crippen LogP contribution in [0.25, 0.3) is 0 Å². The first-order valence-electron chi connectivity index (χ1n) is 4.43. The van der Waals surface area contributed by atoms with Gasteiger partial charge >= 0.3 is 0 Å². The smallest absolute Gasteiger partial charge is 0.0758 e. The van der Waals surface area contributed by atoms with E-state index in [1.54, 1.807) is 0 Å². The van der Waals surface area contributed by atoms with Crippen molar-refractivity contribution in [2.45, 2.75) is 22.0 Å². The minimum atomic E-state index is -0.875. The number of rotatable bonds is 4. The Kier molecular flexibility index (Phi) is 13.0. The quantitative estimate of drug-likeness (QED) is 0.246. The van der Waals surface area contributed by atoms with E-state index in [4.69, 9.17) is 0 Å². The first kappa shape index (κ1) is 29.2. The molecule has 0 amide bonds. The number of halogens is 15. The first-order valence-corrected chi connectivity index (χ1v) is 16.6. The molecule has 0 rings (SSSR count). The summed E-state index contributed by atoms with van der Waals surface area (Å²) in [5, 5.41) is 0. The predicted molar refractivity (Wildman–Crippen MR) is 154 cm³/mol. The highest BCUT2D eigenvalue weighted by Crippen LogP contribution is 2.76. The summed E-state index contributed by atoms with van der Waals surface area (Å²) in [4.78, 5) is 0. The van der Waals surface area contributed by atoms with Gasteiger partial charge in [0.15, 0.2) is 4.29 Å². The maximum Gasteiger partial charge on any atom is 0.155 e. The lowest BCUT2D eigenvalue weighted by molar-refractivity contribution is 0.576. The van der Waals surface area contributed by atoms with Crippen LogP contribution in [0.4, 0.5) is 0 Å². The minimum absolute atomic E-state index is 0.150. The van der Waals surface area contributed by atoms with Crippen molar-refractivity contribution in [1.29, 1.82) is 0 Å². The zero-order chi connectivity index (χ0) is 18.6. The van der Waals surface area contributed by atoms with Gasteiger partial charge in [-0.1, -0.05) is 239 Å². The highest BCUT2D eigenvalue weighted by Gasteiger charge is 2.76. The summed E-state index contributed by atoms with van der Waals surface area (Å²) in [6.45, 7) is 0. The summed E-state index contributed by atoms with van der Waals surface area (Å²) in [7, 11) is 0. The predicted octanol–water partition coefficient (Wildman–Crippen LogP) is 11.4. The van der Waals surface area contributed by atoms with Crippen LogP contribution in [0.1, 0.15) is 0 Å². The van der Waals surface area contributed by atoms with Crippen LogP contribution in [-0.2, 0) is 0 Å². The van der Waals surface area contributed by atoms with Gasteiger partial charge < -0.3 is 0 Å². The number of alkyl halides is 15. The van der Waals surface area contributed by atoms with Crippen molar-refractivity contribution in [1.82, 2.24) is 0 Å². The third-order valence-electron chi connectivity index (χ3n) is 2.30. The fourth-order valence-corrected chi connectivity index (χ4v) is 17.5. The lowest BCUT2D eigenvalue weighted by atomic mass is 10.1. The molecule has 15 heteroatoms. The van der Waals surface area contributed by atoms with Crippen LogP contribution in [0.2, 0.25) is 0 Å². The van der Waals surface area contributed by atoms with Gasteiger partial charge in [-0.15, -0.1) is 0 Å². The second kappa shape index (κ2) is 9.77. The van der Waals surface area contributed by atoms with E-state index < -0.39 is 18.3 Å². The van der Waals surface area contributed by atoms with Crippen molar-refractivity contribution in [3.63, 3.8) is 0 Å². The molecule has 0 bridgehead atoms. The van der Waals surface area contributed by atoms with Gasteiger partial charge in [0.2, 0.25) is 0 Å². The van der Waals surface area contributed by atoms with Crippen LogP contribution >= 0.6 is 239 Å². The molecule has 0 atom stereocenters. The van der Waals surface area contributed by atoms with E-state index in [1.165, 1.54) is 0 Å². The maximum atomic E-state index is 3.82. The van der Waals surface area contributed by atoms with Crippen LogP contribution < -0.4 is 0 Å². The Morgan fingerprint density at radius 1 is 0.455 bits per heavy atom. The Hall–Kier alpha value is 7.20. The van der Waals surface area contributed by atoms with Gasteiger partial charge in [0.1, 0.15) is 14.0 Å². The molecule has 0 N–H and O–H groups in total. The van der Waals surface area contributed by atoms with Crippen LogP contribution in [0.3, 0.4) is 0 Å². The molecule has 0 saturated carbocycles. The average Bonchev–Trinajstić information content (AvgIpc) is 2.23. The molecule has 0 spiro atoms. The summed E-state index contributed by atoms with van der Waals surface area (Å²) in [6, 6.07) is 0.